The number of hydrogen-bond donors (Lipinski definition) is 1. The number of aromatic nitrogens is 1. The highest BCUT2D eigenvalue weighted by Crippen LogP contribution is 2.27. The van der Waals surface area contributed by atoms with Gasteiger partial charge in [0.05, 0.1) is 17.8 Å². The third kappa shape index (κ3) is 3.67. The van der Waals surface area contributed by atoms with Crippen LogP contribution in [-0.4, -0.2) is 11.7 Å². The molecule has 0 aliphatic heterocycles. The van der Waals surface area contributed by atoms with Crippen molar-refractivity contribution in [2.45, 2.75) is 26.4 Å². The van der Waals surface area contributed by atoms with Gasteiger partial charge in [-0.3, -0.25) is 0 Å². The summed E-state index contributed by atoms with van der Waals surface area (Å²) in [5.74, 6) is 0.801. The van der Waals surface area contributed by atoms with Crippen LogP contribution in [0.1, 0.15) is 18.9 Å². The summed E-state index contributed by atoms with van der Waals surface area (Å²) >= 11 is 6.15. The molecule has 0 spiro atoms. The lowest BCUT2D eigenvalue weighted by Crippen LogP contribution is -2.00. The van der Waals surface area contributed by atoms with Crippen LogP contribution in [0.2, 0.25) is 5.02 Å². The zero-order valence-electron chi connectivity index (χ0n) is 11.3. The van der Waals surface area contributed by atoms with E-state index in [0.717, 1.165) is 30.9 Å². The van der Waals surface area contributed by atoms with Gasteiger partial charge in [-0.25, -0.2) is 0 Å². The number of hydrogen-bond acceptors (Lipinski definition) is 2. The molecule has 4 heteroatoms. The molecule has 1 N–H and O–H groups in total. The lowest BCUT2D eigenvalue weighted by atomic mass is 10.2. The molecule has 0 bridgehead atoms. The molecule has 2 aromatic rings. The van der Waals surface area contributed by atoms with Crippen LogP contribution in [0, 0.1) is 0 Å². The first-order chi connectivity index (χ1) is 9.22. The van der Waals surface area contributed by atoms with Gasteiger partial charge in [-0.1, -0.05) is 18.5 Å². The Morgan fingerprint density at radius 1 is 1.32 bits per heavy atom. The van der Waals surface area contributed by atoms with Gasteiger partial charge in [0.15, 0.2) is 0 Å². The highest BCUT2D eigenvalue weighted by atomic mass is 35.5. The summed E-state index contributed by atoms with van der Waals surface area (Å²) in [5, 5.41) is 4.04. The van der Waals surface area contributed by atoms with Crippen molar-refractivity contribution in [3.05, 3.63) is 47.2 Å². The molecule has 2 rings (SSSR count). The van der Waals surface area contributed by atoms with E-state index >= 15 is 0 Å². The summed E-state index contributed by atoms with van der Waals surface area (Å²) in [4.78, 5) is 0. The summed E-state index contributed by atoms with van der Waals surface area (Å²) in [6.07, 6.45) is 5.40. The molecule has 102 valence electrons. The van der Waals surface area contributed by atoms with Crippen molar-refractivity contribution in [2.75, 3.05) is 12.4 Å². The quantitative estimate of drug-likeness (QED) is 0.858. The van der Waals surface area contributed by atoms with E-state index < -0.39 is 0 Å². The second-order valence-electron chi connectivity index (χ2n) is 4.46. The molecule has 0 saturated carbocycles. The predicted octanol–water partition coefficient (Wildman–Crippen LogP) is 4.17. The van der Waals surface area contributed by atoms with E-state index in [2.05, 4.69) is 35.3 Å². The van der Waals surface area contributed by atoms with Crippen LogP contribution < -0.4 is 10.1 Å². The van der Waals surface area contributed by atoms with Crippen molar-refractivity contribution >= 4 is 17.3 Å². The van der Waals surface area contributed by atoms with Crippen LogP contribution in [-0.2, 0) is 13.1 Å². The Balaban J connectivity index is 2.01. The lowest BCUT2D eigenvalue weighted by molar-refractivity contribution is 0.415. The van der Waals surface area contributed by atoms with Crippen molar-refractivity contribution in [1.82, 2.24) is 4.57 Å². The zero-order chi connectivity index (χ0) is 13.7. The molecule has 1 aromatic heterocycles. The highest BCUT2D eigenvalue weighted by Gasteiger charge is 2.03. The number of nitrogens with one attached hydrogen (secondary N) is 1. The number of rotatable bonds is 6. The smallest absolute Gasteiger partial charge is 0.121 e. The van der Waals surface area contributed by atoms with E-state index in [0.29, 0.717) is 5.02 Å². The minimum absolute atomic E-state index is 0.703. The molecular formula is C15H19ClN2O. The van der Waals surface area contributed by atoms with Gasteiger partial charge in [-0.05, 0) is 30.2 Å². The molecular weight excluding hydrogens is 260 g/mol. The van der Waals surface area contributed by atoms with Crippen LogP contribution in [0.5, 0.6) is 5.75 Å². The second-order valence-corrected chi connectivity index (χ2v) is 4.86. The van der Waals surface area contributed by atoms with E-state index in [1.807, 2.05) is 18.2 Å². The van der Waals surface area contributed by atoms with Crippen LogP contribution >= 0.6 is 11.6 Å². The van der Waals surface area contributed by atoms with Crippen molar-refractivity contribution in [3.63, 3.8) is 0 Å². The summed E-state index contributed by atoms with van der Waals surface area (Å²) in [6, 6.07) is 7.72. The van der Waals surface area contributed by atoms with Crippen LogP contribution in [0.3, 0.4) is 0 Å². The average Bonchev–Trinajstić information content (AvgIpc) is 2.86. The van der Waals surface area contributed by atoms with E-state index in [4.69, 9.17) is 16.3 Å². The van der Waals surface area contributed by atoms with Crippen molar-refractivity contribution in [1.29, 1.82) is 0 Å². The number of benzene rings is 1. The van der Waals surface area contributed by atoms with Crippen LogP contribution in [0.4, 0.5) is 5.69 Å². The fourth-order valence-corrected chi connectivity index (χ4v) is 2.14. The van der Waals surface area contributed by atoms with Gasteiger partial charge in [-0.15, -0.1) is 0 Å². The Bertz CT molecular complexity index is 537. The Kier molecular flexibility index (Phi) is 4.74. The molecule has 0 aliphatic rings. The maximum Gasteiger partial charge on any atom is 0.121 e. The Labute approximate surface area is 119 Å². The summed E-state index contributed by atoms with van der Waals surface area (Å²) in [5.41, 5.74) is 2.14. The Hall–Kier alpha value is -1.61. The van der Waals surface area contributed by atoms with Crippen molar-refractivity contribution in [3.8, 4) is 5.75 Å². The number of nitrogens with zero attached hydrogens (tertiary/aromatic N) is 1. The predicted molar refractivity (Wildman–Crippen MR) is 80.1 cm³/mol. The molecule has 0 amide bonds. The third-order valence-electron chi connectivity index (χ3n) is 2.95. The summed E-state index contributed by atoms with van der Waals surface area (Å²) in [6.45, 7) is 3.98. The Morgan fingerprint density at radius 3 is 2.89 bits per heavy atom. The van der Waals surface area contributed by atoms with Gasteiger partial charge in [-0.2, -0.15) is 0 Å². The number of halogens is 1. The monoisotopic (exact) mass is 278 g/mol. The van der Waals surface area contributed by atoms with Gasteiger partial charge in [0, 0.05) is 31.5 Å². The molecule has 0 atom stereocenters. The van der Waals surface area contributed by atoms with Gasteiger partial charge in [0.2, 0.25) is 0 Å². The summed E-state index contributed by atoms with van der Waals surface area (Å²) in [7, 11) is 1.65. The topological polar surface area (TPSA) is 26.2 Å². The number of anilines is 1. The molecule has 0 unspecified atom stereocenters. The second kappa shape index (κ2) is 6.53. The van der Waals surface area contributed by atoms with E-state index in [1.54, 1.807) is 7.11 Å². The van der Waals surface area contributed by atoms with Crippen molar-refractivity contribution in [2.24, 2.45) is 0 Å². The number of aryl methyl sites for hydroxylation is 1. The highest BCUT2D eigenvalue weighted by molar-refractivity contribution is 6.33. The fourth-order valence-electron chi connectivity index (χ4n) is 1.96. The SMILES string of the molecule is CCCn1ccc(CNc2cc(OC)ccc2Cl)c1. The molecule has 0 saturated heterocycles. The molecule has 0 fully saturated rings. The third-order valence-corrected chi connectivity index (χ3v) is 3.28. The lowest BCUT2D eigenvalue weighted by Gasteiger charge is -2.09. The molecule has 0 aliphatic carbocycles. The Morgan fingerprint density at radius 2 is 2.16 bits per heavy atom. The zero-order valence-corrected chi connectivity index (χ0v) is 12.1. The van der Waals surface area contributed by atoms with E-state index in [-0.39, 0.29) is 0 Å². The normalized spacial score (nSPS) is 10.5. The molecule has 19 heavy (non-hydrogen) atoms. The first-order valence-corrected chi connectivity index (χ1v) is 6.82. The van der Waals surface area contributed by atoms with Gasteiger partial charge < -0.3 is 14.6 Å². The van der Waals surface area contributed by atoms with E-state index in [9.17, 15) is 0 Å². The largest absolute Gasteiger partial charge is 0.497 e. The minimum Gasteiger partial charge on any atom is -0.497 e. The molecule has 1 heterocycles. The first kappa shape index (κ1) is 13.8. The van der Waals surface area contributed by atoms with E-state index in [1.165, 1.54) is 5.56 Å². The standard InChI is InChI=1S/C15H19ClN2O/c1-3-7-18-8-6-12(11-18)10-17-15-9-13(19-2)4-5-14(15)16/h4-6,8-9,11,17H,3,7,10H2,1-2H3. The first-order valence-electron chi connectivity index (χ1n) is 6.45. The molecule has 3 nitrogen and oxygen atoms in total. The van der Waals surface area contributed by atoms with Gasteiger partial charge in [0.1, 0.15) is 5.75 Å². The minimum atomic E-state index is 0.703. The molecule has 1 aromatic carbocycles. The number of ether oxygens (including phenoxy) is 1. The van der Waals surface area contributed by atoms with Crippen molar-refractivity contribution < 1.29 is 4.74 Å². The van der Waals surface area contributed by atoms with Crippen LogP contribution in [0.15, 0.2) is 36.7 Å². The van der Waals surface area contributed by atoms with Gasteiger partial charge in [0.25, 0.3) is 0 Å². The fraction of sp³-hybridized carbons (Fsp3) is 0.333. The maximum atomic E-state index is 6.15. The van der Waals surface area contributed by atoms with Gasteiger partial charge >= 0.3 is 0 Å². The van der Waals surface area contributed by atoms with Crippen LogP contribution in [0.25, 0.3) is 0 Å². The average molecular weight is 279 g/mol. The number of methoxy groups -OCH3 is 1. The maximum absolute atomic E-state index is 6.15. The molecule has 0 radical (unpaired) electrons. The summed E-state index contributed by atoms with van der Waals surface area (Å²) < 4.78 is 7.39.